The third-order valence-electron chi connectivity index (χ3n) is 4.51. The average Bonchev–Trinajstić information content (AvgIpc) is 3.19. The van der Waals surface area contributed by atoms with Crippen molar-refractivity contribution in [2.24, 2.45) is 5.73 Å². The van der Waals surface area contributed by atoms with Crippen LogP contribution in [-0.4, -0.2) is 37.6 Å². The second kappa shape index (κ2) is 11.4. The van der Waals surface area contributed by atoms with E-state index in [1.54, 1.807) is 6.07 Å². The van der Waals surface area contributed by atoms with E-state index in [1.165, 1.54) is 18.3 Å². The Labute approximate surface area is 185 Å². The van der Waals surface area contributed by atoms with Gasteiger partial charge in [0.05, 0.1) is 5.69 Å². The van der Waals surface area contributed by atoms with Crippen molar-refractivity contribution >= 4 is 28.2 Å². The lowest BCUT2D eigenvalue weighted by molar-refractivity contribution is -0.114. The molecule has 31 heavy (non-hydrogen) atoms. The van der Waals surface area contributed by atoms with E-state index in [0.717, 1.165) is 47.5 Å². The van der Waals surface area contributed by atoms with Gasteiger partial charge in [0, 0.05) is 26.3 Å². The summed E-state index contributed by atoms with van der Waals surface area (Å²) < 4.78 is 0. The summed E-state index contributed by atoms with van der Waals surface area (Å²) in [5, 5.41) is 33.9. The molecule has 0 bridgehead atoms. The van der Waals surface area contributed by atoms with Gasteiger partial charge < -0.3 is 21.5 Å². The van der Waals surface area contributed by atoms with Gasteiger partial charge in [-0.05, 0) is 42.5 Å². The highest BCUT2D eigenvalue weighted by atomic mass is 32.1. The fourth-order valence-electron chi connectivity index (χ4n) is 3.04. The number of aromatic nitrogens is 4. The topological polar surface area (TPSA) is 139 Å². The highest BCUT2D eigenvalue weighted by Gasteiger charge is 2.10. The molecule has 0 aliphatic rings. The lowest BCUT2D eigenvalue weighted by atomic mass is 10.1. The zero-order chi connectivity index (χ0) is 22.1. The van der Waals surface area contributed by atoms with Gasteiger partial charge in [-0.1, -0.05) is 35.6 Å². The number of nitrogens with two attached hydrogens (primary N) is 1. The fourth-order valence-corrected chi connectivity index (χ4v) is 3.86. The van der Waals surface area contributed by atoms with E-state index in [0.29, 0.717) is 23.9 Å². The van der Waals surface area contributed by atoms with Crippen LogP contribution in [0.4, 0.5) is 10.9 Å². The number of unbranched alkanes of at least 4 members (excludes halogenated alkanes) is 1. The van der Waals surface area contributed by atoms with Gasteiger partial charge in [-0.2, -0.15) is 5.10 Å². The maximum atomic E-state index is 11.0. The Morgan fingerprint density at radius 1 is 1.10 bits per heavy atom. The van der Waals surface area contributed by atoms with Crippen LogP contribution in [0.2, 0.25) is 0 Å². The normalized spacial score (nSPS) is 11.8. The first-order valence-electron chi connectivity index (χ1n) is 10.2. The van der Waals surface area contributed by atoms with Crippen molar-refractivity contribution in [1.82, 2.24) is 20.4 Å². The summed E-state index contributed by atoms with van der Waals surface area (Å²) in [7, 11) is 0. The predicted octanol–water partition coefficient (Wildman–Crippen LogP) is 2.28. The van der Waals surface area contributed by atoms with Crippen molar-refractivity contribution in [2.45, 2.75) is 51.8 Å². The highest BCUT2D eigenvalue weighted by molar-refractivity contribution is 7.15. The minimum atomic E-state index is -0.743. The number of nitrogens with zero attached hydrogens (tertiary/aromatic N) is 4. The minimum absolute atomic E-state index is 0.165. The van der Waals surface area contributed by atoms with Crippen LogP contribution >= 0.6 is 11.3 Å². The summed E-state index contributed by atoms with van der Waals surface area (Å²) in [6.07, 6.45) is 3.22. The predicted molar refractivity (Wildman–Crippen MR) is 121 cm³/mol. The number of anilines is 2. The number of aliphatic hydroxyl groups is 1. The van der Waals surface area contributed by atoms with Crippen LogP contribution in [0.5, 0.6) is 0 Å². The van der Waals surface area contributed by atoms with Gasteiger partial charge in [0.1, 0.15) is 11.2 Å². The van der Waals surface area contributed by atoms with Gasteiger partial charge in [0.25, 0.3) is 0 Å². The first-order valence-corrected chi connectivity index (χ1v) is 11.0. The standard InChI is InChI=1S/C21H27N7O2S/c1-14(29)23-18-10-9-17(25-26-18)7-2-3-8-20-27-28-21(31-20)24-19(30)12-15-5-4-6-16(11-15)13-22/h4-6,9-11,19,30H,2-3,7-8,12-13,22H2,1H3,(H,24,28)(H,23,26,29). The molecule has 10 heteroatoms. The van der Waals surface area contributed by atoms with E-state index < -0.39 is 6.23 Å². The third-order valence-corrected chi connectivity index (χ3v) is 5.42. The minimum Gasteiger partial charge on any atom is -0.373 e. The summed E-state index contributed by atoms with van der Waals surface area (Å²) >= 11 is 1.45. The lowest BCUT2D eigenvalue weighted by Crippen LogP contribution is -2.21. The molecule has 0 aliphatic heterocycles. The Morgan fingerprint density at radius 3 is 2.65 bits per heavy atom. The van der Waals surface area contributed by atoms with Crippen LogP contribution in [0, 0.1) is 0 Å². The second-order valence-electron chi connectivity index (χ2n) is 7.19. The second-order valence-corrected chi connectivity index (χ2v) is 8.25. The van der Waals surface area contributed by atoms with E-state index in [1.807, 2.05) is 30.3 Å². The molecule has 2 heterocycles. The van der Waals surface area contributed by atoms with E-state index in [9.17, 15) is 9.90 Å². The Morgan fingerprint density at radius 2 is 1.90 bits per heavy atom. The van der Waals surface area contributed by atoms with Crippen molar-refractivity contribution < 1.29 is 9.90 Å². The van der Waals surface area contributed by atoms with E-state index >= 15 is 0 Å². The van der Waals surface area contributed by atoms with Gasteiger partial charge in [0.2, 0.25) is 11.0 Å². The Kier molecular flexibility index (Phi) is 8.39. The maximum absolute atomic E-state index is 11.0. The summed E-state index contributed by atoms with van der Waals surface area (Å²) in [4.78, 5) is 11.0. The van der Waals surface area contributed by atoms with Crippen molar-refractivity contribution in [2.75, 3.05) is 10.6 Å². The molecule has 2 aromatic heterocycles. The number of carbonyl (C=O) groups is 1. The van der Waals surface area contributed by atoms with E-state index in [2.05, 4.69) is 31.0 Å². The first kappa shape index (κ1) is 22.7. The number of nitrogens with one attached hydrogen (secondary N) is 2. The molecular formula is C21H27N7O2S. The van der Waals surface area contributed by atoms with Crippen molar-refractivity contribution in [3.8, 4) is 0 Å². The number of hydrogen-bond donors (Lipinski definition) is 4. The molecule has 1 aromatic carbocycles. The molecule has 0 aliphatic carbocycles. The zero-order valence-electron chi connectivity index (χ0n) is 17.4. The molecular weight excluding hydrogens is 414 g/mol. The van der Waals surface area contributed by atoms with Gasteiger partial charge >= 0.3 is 0 Å². The molecule has 1 amide bonds. The number of amides is 1. The highest BCUT2D eigenvalue weighted by Crippen LogP contribution is 2.19. The van der Waals surface area contributed by atoms with Crippen LogP contribution in [-0.2, 0) is 30.6 Å². The average molecular weight is 442 g/mol. The molecule has 0 radical (unpaired) electrons. The number of rotatable bonds is 11. The molecule has 3 aromatic rings. The number of benzene rings is 1. The van der Waals surface area contributed by atoms with E-state index in [-0.39, 0.29) is 5.91 Å². The molecule has 1 unspecified atom stereocenters. The summed E-state index contributed by atoms with van der Waals surface area (Å²) in [5.41, 5.74) is 8.60. The molecule has 0 saturated heterocycles. The molecule has 0 saturated carbocycles. The Balaban J connectivity index is 1.39. The molecule has 0 fully saturated rings. The first-order chi connectivity index (χ1) is 15.0. The number of hydrogen-bond acceptors (Lipinski definition) is 9. The number of aryl methyl sites for hydroxylation is 2. The molecule has 3 rings (SSSR count). The molecule has 164 valence electrons. The number of aliphatic hydroxyl groups excluding tert-OH is 1. The van der Waals surface area contributed by atoms with Crippen molar-refractivity contribution in [3.05, 3.63) is 58.2 Å². The fraction of sp³-hybridized carbons (Fsp3) is 0.381. The van der Waals surface area contributed by atoms with Crippen LogP contribution in [0.25, 0.3) is 0 Å². The lowest BCUT2D eigenvalue weighted by Gasteiger charge is -2.12. The van der Waals surface area contributed by atoms with Crippen molar-refractivity contribution in [3.63, 3.8) is 0 Å². The van der Waals surface area contributed by atoms with Gasteiger partial charge in [-0.3, -0.25) is 4.79 Å². The molecule has 0 spiro atoms. The molecule has 1 atom stereocenters. The van der Waals surface area contributed by atoms with E-state index in [4.69, 9.17) is 5.73 Å². The number of carbonyl (C=O) groups excluding carboxylic acids is 1. The Hall–Kier alpha value is -2.95. The van der Waals surface area contributed by atoms with Gasteiger partial charge in [-0.15, -0.1) is 15.3 Å². The van der Waals surface area contributed by atoms with Crippen molar-refractivity contribution in [1.29, 1.82) is 0 Å². The zero-order valence-corrected chi connectivity index (χ0v) is 18.2. The Bertz CT molecular complexity index is 978. The van der Waals surface area contributed by atoms with Crippen LogP contribution < -0.4 is 16.4 Å². The van der Waals surface area contributed by atoms with Crippen LogP contribution in [0.15, 0.2) is 36.4 Å². The monoisotopic (exact) mass is 441 g/mol. The van der Waals surface area contributed by atoms with Crippen LogP contribution in [0.1, 0.15) is 41.6 Å². The summed E-state index contributed by atoms with van der Waals surface area (Å²) in [5.74, 6) is 0.292. The van der Waals surface area contributed by atoms with Gasteiger partial charge in [0.15, 0.2) is 5.82 Å². The van der Waals surface area contributed by atoms with Gasteiger partial charge in [-0.25, -0.2) is 0 Å². The summed E-state index contributed by atoms with van der Waals surface area (Å²) in [6, 6.07) is 11.5. The SMILES string of the molecule is CC(=O)Nc1ccc(CCCCc2nnc(NC(O)Cc3cccc(CN)c3)s2)nn1. The quantitative estimate of drug-likeness (QED) is 0.263. The maximum Gasteiger partial charge on any atom is 0.222 e. The van der Waals surface area contributed by atoms with Crippen LogP contribution in [0.3, 0.4) is 0 Å². The molecule has 5 N–H and O–H groups in total. The third kappa shape index (κ3) is 7.67. The summed E-state index contributed by atoms with van der Waals surface area (Å²) in [6.45, 7) is 1.91. The molecule has 9 nitrogen and oxygen atoms in total. The largest absolute Gasteiger partial charge is 0.373 e. The smallest absolute Gasteiger partial charge is 0.222 e.